The lowest BCUT2D eigenvalue weighted by Gasteiger charge is -2.34. The van der Waals surface area contributed by atoms with Crippen LogP contribution in [0.5, 0.6) is 11.5 Å². The van der Waals surface area contributed by atoms with Crippen LogP contribution in [0.25, 0.3) is 10.2 Å². The third-order valence-corrected chi connectivity index (χ3v) is 8.47. The summed E-state index contributed by atoms with van der Waals surface area (Å²) in [7, 11) is -3.58. The van der Waals surface area contributed by atoms with Crippen molar-refractivity contribution in [2.45, 2.75) is 25.2 Å². The van der Waals surface area contributed by atoms with E-state index in [0.717, 1.165) is 11.1 Å². The molecule has 2 atom stereocenters. The average molecular weight is 474 g/mol. The minimum absolute atomic E-state index is 0.192. The summed E-state index contributed by atoms with van der Waals surface area (Å²) in [6.07, 6.45) is 1.03. The second-order valence-corrected chi connectivity index (χ2v) is 11.4. The maximum Gasteiger partial charge on any atom is 0.257 e. The summed E-state index contributed by atoms with van der Waals surface area (Å²) >= 11 is 1.33. The van der Waals surface area contributed by atoms with Gasteiger partial charge in [0.25, 0.3) is 5.91 Å². The first-order chi connectivity index (χ1) is 15.3. The Morgan fingerprint density at radius 3 is 2.44 bits per heavy atom. The fourth-order valence-electron chi connectivity index (χ4n) is 4.27. The number of amides is 1. The van der Waals surface area contributed by atoms with E-state index < -0.39 is 10.0 Å². The highest BCUT2D eigenvalue weighted by atomic mass is 32.2. The van der Waals surface area contributed by atoms with E-state index in [0.29, 0.717) is 52.6 Å². The van der Waals surface area contributed by atoms with Crippen molar-refractivity contribution < 1.29 is 22.7 Å². The second kappa shape index (κ2) is 8.02. The molecule has 1 saturated heterocycles. The Bertz CT molecular complexity index is 1240. The zero-order chi connectivity index (χ0) is 22.5. The molecule has 0 aliphatic carbocycles. The Kier molecular flexibility index (Phi) is 5.31. The summed E-state index contributed by atoms with van der Waals surface area (Å²) < 4.78 is 39.2. The van der Waals surface area contributed by atoms with Gasteiger partial charge in [0.1, 0.15) is 0 Å². The van der Waals surface area contributed by atoms with Crippen LogP contribution in [0, 0.1) is 11.8 Å². The number of thiazole rings is 1. The second-order valence-electron chi connectivity index (χ2n) is 8.44. The lowest BCUT2D eigenvalue weighted by Crippen LogP contribution is -2.42. The van der Waals surface area contributed by atoms with Crippen LogP contribution in [-0.4, -0.2) is 43.5 Å². The predicted molar refractivity (Wildman–Crippen MR) is 122 cm³/mol. The van der Waals surface area contributed by atoms with Crippen molar-refractivity contribution in [2.24, 2.45) is 11.8 Å². The van der Waals surface area contributed by atoms with Gasteiger partial charge < -0.3 is 9.47 Å². The number of aromatic nitrogens is 1. The molecular weight excluding hydrogens is 450 g/mol. The number of carbonyl (C=O) groups excluding carboxylic acids is 1. The van der Waals surface area contributed by atoms with Crippen LogP contribution in [0.1, 0.15) is 30.6 Å². The molecule has 1 N–H and O–H groups in total. The zero-order valence-electron chi connectivity index (χ0n) is 17.7. The van der Waals surface area contributed by atoms with Crippen LogP contribution in [0.2, 0.25) is 0 Å². The van der Waals surface area contributed by atoms with Crippen molar-refractivity contribution in [2.75, 3.05) is 25.2 Å². The number of nitrogens with zero attached hydrogens (tertiary/aromatic N) is 2. The number of anilines is 1. The van der Waals surface area contributed by atoms with Crippen molar-refractivity contribution in [1.82, 2.24) is 9.29 Å². The minimum Gasteiger partial charge on any atom is -0.454 e. The van der Waals surface area contributed by atoms with E-state index in [9.17, 15) is 13.2 Å². The molecule has 2 aliphatic heterocycles. The van der Waals surface area contributed by atoms with Gasteiger partial charge in [-0.1, -0.05) is 25.2 Å². The monoisotopic (exact) mass is 473 g/mol. The number of fused-ring (bicyclic) bond motifs is 2. The Morgan fingerprint density at radius 2 is 1.75 bits per heavy atom. The maximum absolute atomic E-state index is 13.0. The third-order valence-electron chi connectivity index (χ3n) is 5.69. The van der Waals surface area contributed by atoms with Gasteiger partial charge in [0.2, 0.25) is 16.8 Å². The maximum atomic E-state index is 13.0. The Hall–Kier alpha value is -2.69. The standard InChI is InChI=1S/C22H23N3O5S2/c1-13-7-14(2)11-25(10-13)32(27,28)16-5-3-15(4-6-16)21(26)24-22-23-17-8-18-19(30-12-29-18)9-20(17)31-22/h3-6,8-9,13-14H,7,10-12H2,1-2H3,(H,23,24,26)/t13-,14-/m0/s1. The van der Waals surface area contributed by atoms with E-state index in [1.54, 1.807) is 10.4 Å². The molecule has 0 spiro atoms. The lowest BCUT2D eigenvalue weighted by atomic mass is 9.94. The molecule has 3 heterocycles. The van der Waals surface area contributed by atoms with Gasteiger partial charge in [0.05, 0.1) is 15.1 Å². The van der Waals surface area contributed by atoms with Gasteiger partial charge >= 0.3 is 0 Å². The highest BCUT2D eigenvalue weighted by molar-refractivity contribution is 7.89. The molecule has 0 radical (unpaired) electrons. The number of piperidine rings is 1. The predicted octanol–water partition coefficient (Wildman–Crippen LogP) is 3.94. The molecule has 1 amide bonds. The molecule has 2 aliphatic rings. The number of rotatable bonds is 4. The lowest BCUT2D eigenvalue weighted by molar-refractivity contribution is 0.102. The number of benzene rings is 2. The molecule has 0 saturated carbocycles. The average Bonchev–Trinajstić information content (AvgIpc) is 3.36. The SMILES string of the molecule is C[C@H]1C[C@H](C)CN(S(=O)(=O)c2ccc(C(=O)Nc3nc4cc5c(cc4s3)OCO5)cc2)C1. The summed E-state index contributed by atoms with van der Waals surface area (Å²) in [4.78, 5) is 17.3. The number of hydrogen-bond acceptors (Lipinski definition) is 7. The van der Waals surface area contributed by atoms with E-state index >= 15 is 0 Å². The molecule has 168 valence electrons. The van der Waals surface area contributed by atoms with Crippen molar-refractivity contribution in [3.05, 3.63) is 42.0 Å². The van der Waals surface area contributed by atoms with Gasteiger partial charge in [0.15, 0.2) is 16.6 Å². The first-order valence-electron chi connectivity index (χ1n) is 10.4. The molecule has 5 rings (SSSR count). The summed E-state index contributed by atoms with van der Waals surface area (Å²) in [5, 5.41) is 3.23. The van der Waals surface area contributed by atoms with Crippen LogP contribution in [-0.2, 0) is 10.0 Å². The molecule has 0 bridgehead atoms. The van der Waals surface area contributed by atoms with Gasteiger partial charge in [-0.3, -0.25) is 10.1 Å². The number of sulfonamides is 1. The van der Waals surface area contributed by atoms with Gasteiger partial charge in [-0.15, -0.1) is 0 Å². The fourth-order valence-corrected chi connectivity index (χ4v) is 6.82. The van der Waals surface area contributed by atoms with Crippen LogP contribution in [0.3, 0.4) is 0 Å². The fraction of sp³-hybridized carbons (Fsp3) is 0.364. The first kappa shape index (κ1) is 21.2. The van der Waals surface area contributed by atoms with Crippen LogP contribution in [0.15, 0.2) is 41.3 Å². The van der Waals surface area contributed by atoms with Gasteiger partial charge in [0, 0.05) is 30.8 Å². The Labute approximate surface area is 190 Å². The van der Waals surface area contributed by atoms with Crippen LogP contribution < -0.4 is 14.8 Å². The van der Waals surface area contributed by atoms with Crippen molar-refractivity contribution in [3.8, 4) is 11.5 Å². The highest BCUT2D eigenvalue weighted by Crippen LogP contribution is 2.39. The largest absolute Gasteiger partial charge is 0.454 e. The summed E-state index contributed by atoms with van der Waals surface area (Å²) in [6, 6.07) is 9.67. The third kappa shape index (κ3) is 3.94. The zero-order valence-corrected chi connectivity index (χ0v) is 19.3. The number of nitrogens with one attached hydrogen (secondary N) is 1. The molecule has 8 nitrogen and oxygen atoms in total. The normalized spacial score (nSPS) is 21.1. The van der Waals surface area contributed by atoms with Gasteiger partial charge in [-0.05, 0) is 42.5 Å². The number of hydrogen-bond donors (Lipinski definition) is 1. The molecule has 0 unspecified atom stereocenters. The van der Waals surface area contributed by atoms with E-state index in [-0.39, 0.29) is 17.6 Å². The van der Waals surface area contributed by atoms with Crippen LogP contribution >= 0.6 is 11.3 Å². The summed E-state index contributed by atoms with van der Waals surface area (Å²) in [5.74, 6) is 1.59. The van der Waals surface area contributed by atoms with Gasteiger partial charge in [-0.25, -0.2) is 13.4 Å². The first-order valence-corrected chi connectivity index (χ1v) is 12.7. The van der Waals surface area contributed by atoms with Crippen molar-refractivity contribution in [1.29, 1.82) is 0 Å². The Morgan fingerprint density at radius 1 is 1.09 bits per heavy atom. The quantitative estimate of drug-likeness (QED) is 0.616. The molecular formula is C22H23N3O5S2. The molecule has 1 aromatic heterocycles. The van der Waals surface area contributed by atoms with E-state index in [4.69, 9.17) is 9.47 Å². The molecule has 32 heavy (non-hydrogen) atoms. The van der Waals surface area contributed by atoms with E-state index in [1.165, 1.54) is 35.6 Å². The minimum atomic E-state index is -3.58. The summed E-state index contributed by atoms with van der Waals surface area (Å²) in [5.41, 5.74) is 1.07. The number of ether oxygens (including phenoxy) is 2. The highest BCUT2D eigenvalue weighted by Gasteiger charge is 2.31. The Balaban J connectivity index is 1.31. The topological polar surface area (TPSA) is 97.8 Å². The van der Waals surface area contributed by atoms with Crippen molar-refractivity contribution in [3.63, 3.8) is 0 Å². The number of carbonyl (C=O) groups is 1. The van der Waals surface area contributed by atoms with Gasteiger partial charge in [-0.2, -0.15) is 4.31 Å². The molecule has 10 heteroatoms. The summed E-state index contributed by atoms with van der Waals surface area (Å²) in [6.45, 7) is 5.37. The molecule has 2 aromatic carbocycles. The van der Waals surface area contributed by atoms with Crippen LogP contribution in [0.4, 0.5) is 5.13 Å². The van der Waals surface area contributed by atoms with Crippen molar-refractivity contribution >= 4 is 42.6 Å². The van der Waals surface area contributed by atoms with E-state index in [1.807, 2.05) is 6.07 Å². The van der Waals surface area contributed by atoms with E-state index in [2.05, 4.69) is 24.1 Å². The molecule has 1 fully saturated rings. The smallest absolute Gasteiger partial charge is 0.257 e. The molecule has 3 aromatic rings.